The molecule has 0 spiro atoms. The average Bonchev–Trinajstić information content (AvgIpc) is 2.77. The van der Waals surface area contributed by atoms with Crippen molar-refractivity contribution in [2.24, 2.45) is 7.05 Å². The number of ether oxygens (including phenoxy) is 1. The Hall–Kier alpha value is -1.33. The third kappa shape index (κ3) is 2.25. The molecule has 3 rings (SSSR count). The lowest BCUT2D eigenvalue weighted by molar-refractivity contribution is 0.153. The Morgan fingerprint density at radius 2 is 2.20 bits per heavy atom. The minimum atomic E-state index is 0.0444. The molecule has 2 heterocycles. The van der Waals surface area contributed by atoms with Crippen LogP contribution in [-0.4, -0.2) is 16.8 Å². The molecule has 1 aliphatic heterocycles. The molecular formula is C15H18BrN3O. The highest BCUT2D eigenvalue weighted by Gasteiger charge is 2.30. The van der Waals surface area contributed by atoms with Crippen LogP contribution in [0.5, 0.6) is 5.75 Å². The zero-order valence-electron chi connectivity index (χ0n) is 11.9. The molecule has 0 bridgehead atoms. The first-order valence-corrected chi connectivity index (χ1v) is 7.51. The van der Waals surface area contributed by atoms with E-state index in [1.807, 2.05) is 31.0 Å². The van der Waals surface area contributed by atoms with Crippen LogP contribution in [0.3, 0.4) is 0 Å². The van der Waals surface area contributed by atoms with Crippen molar-refractivity contribution in [2.75, 3.05) is 7.05 Å². The second-order valence-electron chi connectivity index (χ2n) is 5.17. The number of aryl methyl sites for hydroxylation is 1. The fourth-order valence-corrected chi connectivity index (χ4v) is 3.08. The third-order valence-corrected chi connectivity index (χ3v) is 4.53. The molecule has 20 heavy (non-hydrogen) atoms. The maximum atomic E-state index is 6.20. The van der Waals surface area contributed by atoms with Crippen LogP contribution < -0.4 is 10.1 Å². The normalized spacial score (nSPS) is 21.4. The van der Waals surface area contributed by atoms with Crippen molar-refractivity contribution in [1.29, 1.82) is 0 Å². The van der Waals surface area contributed by atoms with Crippen LogP contribution in [-0.2, 0) is 7.05 Å². The number of rotatable bonds is 2. The van der Waals surface area contributed by atoms with Crippen molar-refractivity contribution in [3.05, 3.63) is 45.7 Å². The summed E-state index contributed by atoms with van der Waals surface area (Å²) in [5.74, 6) is 0.943. The lowest BCUT2D eigenvalue weighted by Crippen LogP contribution is -2.27. The lowest BCUT2D eigenvalue weighted by atomic mass is 9.93. The summed E-state index contributed by atoms with van der Waals surface area (Å²) in [5, 5.41) is 7.71. The summed E-state index contributed by atoms with van der Waals surface area (Å²) in [4.78, 5) is 0. The van der Waals surface area contributed by atoms with Crippen LogP contribution in [0.1, 0.15) is 35.4 Å². The SMILES string of the molecule is CNC1CC(c2cnn(C)c2C)Oc2cc(Br)ccc21. The second kappa shape index (κ2) is 5.22. The molecule has 0 saturated carbocycles. The van der Waals surface area contributed by atoms with Gasteiger partial charge in [0, 0.05) is 40.8 Å². The first-order chi connectivity index (χ1) is 9.60. The van der Waals surface area contributed by atoms with E-state index in [-0.39, 0.29) is 6.10 Å². The van der Waals surface area contributed by atoms with Crippen molar-refractivity contribution in [3.63, 3.8) is 0 Å². The van der Waals surface area contributed by atoms with E-state index in [0.29, 0.717) is 6.04 Å². The van der Waals surface area contributed by atoms with Gasteiger partial charge < -0.3 is 10.1 Å². The molecular weight excluding hydrogens is 318 g/mol. The van der Waals surface area contributed by atoms with Gasteiger partial charge in [0.05, 0.1) is 6.20 Å². The van der Waals surface area contributed by atoms with Crippen LogP contribution in [0.4, 0.5) is 0 Å². The maximum Gasteiger partial charge on any atom is 0.129 e. The average molecular weight is 336 g/mol. The summed E-state index contributed by atoms with van der Waals surface area (Å²) in [6.45, 7) is 2.08. The minimum Gasteiger partial charge on any atom is -0.485 e. The number of hydrogen-bond acceptors (Lipinski definition) is 3. The first kappa shape index (κ1) is 13.6. The molecule has 0 fully saturated rings. The Morgan fingerprint density at radius 3 is 2.85 bits per heavy atom. The van der Waals surface area contributed by atoms with Gasteiger partial charge in [-0.05, 0) is 26.1 Å². The number of hydrogen-bond donors (Lipinski definition) is 1. The zero-order chi connectivity index (χ0) is 14.3. The van der Waals surface area contributed by atoms with E-state index in [0.717, 1.165) is 22.3 Å². The van der Waals surface area contributed by atoms with E-state index in [4.69, 9.17) is 4.74 Å². The predicted octanol–water partition coefficient (Wildman–Crippen LogP) is 3.28. The van der Waals surface area contributed by atoms with Gasteiger partial charge in [-0.15, -0.1) is 0 Å². The zero-order valence-corrected chi connectivity index (χ0v) is 13.4. The van der Waals surface area contributed by atoms with E-state index in [9.17, 15) is 0 Å². The number of halogens is 1. The van der Waals surface area contributed by atoms with Crippen LogP contribution in [0.25, 0.3) is 0 Å². The maximum absolute atomic E-state index is 6.20. The van der Waals surface area contributed by atoms with Crippen LogP contribution in [0.15, 0.2) is 28.9 Å². The fraction of sp³-hybridized carbons (Fsp3) is 0.400. The third-order valence-electron chi connectivity index (χ3n) is 4.04. The highest BCUT2D eigenvalue weighted by atomic mass is 79.9. The van der Waals surface area contributed by atoms with E-state index in [1.54, 1.807) is 0 Å². The second-order valence-corrected chi connectivity index (χ2v) is 6.09. The molecule has 5 heteroatoms. The van der Waals surface area contributed by atoms with Crippen LogP contribution in [0, 0.1) is 6.92 Å². The van der Waals surface area contributed by atoms with Crippen molar-refractivity contribution in [1.82, 2.24) is 15.1 Å². The topological polar surface area (TPSA) is 39.1 Å². The van der Waals surface area contributed by atoms with E-state index >= 15 is 0 Å². The van der Waals surface area contributed by atoms with Crippen LogP contribution >= 0.6 is 15.9 Å². The number of aromatic nitrogens is 2. The number of benzene rings is 1. The largest absolute Gasteiger partial charge is 0.485 e. The molecule has 1 aliphatic rings. The Morgan fingerprint density at radius 1 is 1.40 bits per heavy atom. The van der Waals surface area contributed by atoms with Crippen molar-refractivity contribution >= 4 is 15.9 Å². The van der Waals surface area contributed by atoms with Gasteiger partial charge in [0.2, 0.25) is 0 Å². The Balaban J connectivity index is 2.00. The molecule has 1 N–H and O–H groups in total. The molecule has 2 aromatic rings. The summed E-state index contributed by atoms with van der Waals surface area (Å²) in [6, 6.07) is 6.52. The Bertz CT molecular complexity index is 638. The molecule has 4 nitrogen and oxygen atoms in total. The molecule has 1 aromatic heterocycles. The molecule has 106 valence electrons. The molecule has 0 amide bonds. The molecule has 0 radical (unpaired) electrons. The van der Waals surface area contributed by atoms with Gasteiger partial charge >= 0.3 is 0 Å². The van der Waals surface area contributed by atoms with Gasteiger partial charge in [0.25, 0.3) is 0 Å². The van der Waals surface area contributed by atoms with Gasteiger partial charge in [-0.25, -0.2) is 0 Å². The first-order valence-electron chi connectivity index (χ1n) is 6.72. The molecule has 2 unspecified atom stereocenters. The highest BCUT2D eigenvalue weighted by molar-refractivity contribution is 9.10. The van der Waals surface area contributed by atoms with E-state index in [2.05, 4.69) is 45.4 Å². The van der Waals surface area contributed by atoms with Crippen LogP contribution in [0.2, 0.25) is 0 Å². The van der Waals surface area contributed by atoms with E-state index in [1.165, 1.54) is 11.1 Å². The molecule has 0 aliphatic carbocycles. The summed E-state index contributed by atoms with van der Waals surface area (Å²) in [6.07, 6.45) is 2.87. The quantitative estimate of drug-likeness (QED) is 0.915. The van der Waals surface area contributed by atoms with Gasteiger partial charge in [-0.2, -0.15) is 5.10 Å². The number of nitrogens with zero attached hydrogens (tertiary/aromatic N) is 2. The molecule has 2 atom stereocenters. The lowest BCUT2D eigenvalue weighted by Gasteiger charge is -2.32. The summed E-state index contributed by atoms with van der Waals surface area (Å²) in [5.41, 5.74) is 3.54. The van der Waals surface area contributed by atoms with Crippen molar-refractivity contribution < 1.29 is 4.74 Å². The monoisotopic (exact) mass is 335 g/mol. The summed E-state index contributed by atoms with van der Waals surface area (Å²) < 4.78 is 9.13. The summed E-state index contributed by atoms with van der Waals surface area (Å²) >= 11 is 3.51. The minimum absolute atomic E-state index is 0.0444. The van der Waals surface area contributed by atoms with Gasteiger partial charge in [0.1, 0.15) is 11.9 Å². The van der Waals surface area contributed by atoms with Crippen molar-refractivity contribution in [2.45, 2.75) is 25.5 Å². The Kier molecular flexibility index (Phi) is 3.56. The molecule has 1 aromatic carbocycles. The van der Waals surface area contributed by atoms with Gasteiger partial charge in [-0.3, -0.25) is 4.68 Å². The number of nitrogens with one attached hydrogen (secondary N) is 1. The standard InChI is InChI=1S/C15H18BrN3O/c1-9-12(8-18-19(9)3)15-7-13(17-2)11-5-4-10(16)6-14(11)20-15/h4-6,8,13,15,17H,7H2,1-3H3. The van der Waals surface area contributed by atoms with Gasteiger partial charge in [-0.1, -0.05) is 22.0 Å². The predicted molar refractivity (Wildman–Crippen MR) is 81.9 cm³/mol. The van der Waals surface area contributed by atoms with Crippen molar-refractivity contribution in [3.8, 4) is 5.75 Å². The number of fused-ring (bicyclic) bond motifs is 1. The van der Waals surface area contributed by atoms with Gasteiger partial charge in [0.15, 0.2) is 0 Å². The highest BCUT2D eigenvalue weighted by Crippen LogP contribution is 2.42. The Labute approximate surface area is 127 Å². The fourth-order valence-electron chi connectivity index (χ4n) is 2.74. The molecule has 0 saturated heterocycles. The van der Waals surface area contributed by atoms with E-state index < -0.39 is 0 Å². The smallest absolute Gasteiger partial charge is 0.129 e. The summed E-state index contributed by atoms with van der Waals surface area (Å²) in [7, 11) is 3.96.